The highest BCUT2D eigenvalue weighted by atomic mass is 35.5. The minimum absolute atomic E-state index is 0.0506. The molecule has 0 bridgehead atoms. The number of aromatic nitrogens is 2. The van der Waals surface area contributed by atoms with Crippen LogP contribution in [0.3, 0.4) is 0 Å². The Morgan fingerprint density at radius 2 is 2.00 bits per heavy atom. The number of piperazine rings is 1. The van der Waals surface area contributed by atoms with Crippen LogP contribution in [0.2, 0.25) is 5.02 Å². The predicted octanol–water partition coefficient (Wildman–Crippen LogP) is 5.56. The SMILES string of the molecule is [C-]#[N+]C[C@H]1CN(c2nc(OCC3(CC)CCCN3C)nc3c2CCN(c2cccc4cccc(Cl)c24)C3)CCN1C(=O)/C=C/CF. The molecule has 0 aliphatic carbocycles. The van der Waals surface area contributed by atoms with Crippen LogP contribution in [0.25, 0.3) is 15.6 Å². The van der Waals surface area contributed by atoms with Crippen molar-refractivity contribution >= 4 is 39.8 Å². The zero-order valence-electron chi connectivity index (χ0n) is 26.6. The van der Waals surface area contributed by atoms with E-state index in [2.05, 4.69) is 57.8 Å². The maximum Gasteiger partial charge on any atom is 0.318 e. The monoisotopic (exact) mass is 645 g/mol. The van der Waals surface area contributed by atoms with Gasteiger partial charge in [-0.3, -0.25) is 9.69 Å². The molecule has 9 nitrogen and oxygen atoms in total. The van der Waals surface area contributed by atoms with E-state index in [-0.39, 0.29) is 24.0 Å². The molecule has 2 atom stereocenters. The van der Waals surface area contributed by atoms with Crippen LogP contribution in [-0.4, -0.2) is 96.9 Å². The fourth-order valence-corrected chi connectivity index (χ4v) is 7.58. The smallest absolute Gasteiger partial charge is 0.318 e. The first-order valence-electron chi connectivity index (χ1n) is 16.1. The van der Waals surface area contributed by atoms with Gasteiger partial charge in [-0.15, -0.1) is 0 Å². The zero-order chi connectivity index (χ0) is 32.3. The molecule has 242 valence electrons. The van der Waals surface area contributed by atoms with Gasteiger partial charge in [-0.2, -0.15) is 9.97 Å². The Labute approximate surface area is 275 Å². The molecule has 3 aliphatic heterocycles. The number of carbonyl (C=O) groups excluding carboxylic acids is 1. The third-order valence-corrected chi connectivity index (χ3v) is 10.3. The molecule has 4 heterocycles. The van der Waals surface area contributed by atoms with E-state index in [0.717, 1.165) is 77.3 Å². The molecule has 0 N–H and O–H groups in total. The summed E-state index contributed by atoms with van der Waals surface area (Å²) < 4.78 is 19.2. The third kappa shape index (κ3) is 6.23. The van der Waals surface area contributed by atoms with Crippen molar-refractivity contribution in [3.05, 3.63) is 76.2 Å². The number of ether oxygens (including phenoxy) is 1. The van der Waals surface area contributed by atoms with Gasteiger partial charge in [-0.1, -0.05) is 42.8 Å². The number of amides is 1. The molecule has 2 aromatic carbocycles. The molecule has 6 rings (SSSR count). The number of likely N-dealkylation sites (N-methyl/N-ethyl adjacent to an activating group) is 1. The molecule has 0 saturated carbocycles. The van der Waals surface area contributed by atoms with Gasteiger partial charge < -0.3 is 24.3 Å². The van der Waals surface area contributed by atoms with Crippen molar-refractivity contribution in [3.8, 4) is 6.01 Å². The van der Waals surface area contributed by atoms with E-state index in [9.17, 15) is 9.18 Å². The highest BCUT2D eigenvalue weighted by Crippen LogP contribution is 2.38. The fraction of sp³-hybridized carbons (Fsp3) is 0.486. The van der Waals surface area contributed by atoms with Gasteiger partial charge in [0.25, 0.3) is 0 Å². The zero-order valence-corrected chi connectivity index (χ0v) is 27.3. The number of hydrogen-bond donors (Lipinski definition) is 0. The van der Waals surface area contributed by atoms with Crippen molar-refractivity contribution in [2.75, 3.05) is 69.4 Å². The summed E-state index contributed by atoms with van der Waals surface area (Å²) in [5.74, 6) is 0.539. The van der Waals surface area contributed by atoms with Crippen LogP contribution in [0.15, 0.2) is 48.6 Å². The van der Waals surface area contributed by atoms with E-state index in [1.54, 1.807) is 4.90 Å². The molecular formula is C35H41ClFN7O2. The summed E-state index contributed by atoms with van der Waals surface area (Å²) in [6, 6.07) is 12.2. The lowest BCUT2D eigenvalue weighted by atomic mass is 9.94. The number of nitrogens with zero attached hydrogens (tertiary/aromatic N) is 7. The maximum atomic E-state index is 12.8. The van der Waals surface area contributed by atoms with Crippen LogP contribution in [-0.2, 0) is 17.8 Å². The first-order chi connectivity index (χ1) is 22.4. The maximum absolute atomic E-state index is 12.8. The van der Waals surface area contributed by atoms with Crippen LogP contribution in [0, 0.1) is 6.57 Å². The normalized spacial score (nSPS) is 22.0. The van der Waals surface area contributed by atoms with Crippen LogP contribution in [0.1, 0.15) is 37.4 Å². The number of allylic oxidation sites excluding steroid dienone is 1. The molecule has 0 radical (unpaired) electrons. The molecule has 2 saturated heterocycles. The van der Waals surface area contributed by atoms with E-state index >= 15 is 0 Å². The summed E-state index contributed by atoms with van der Waals surface area (Å²) >= 11 is 6.72. The number of alkyl halides is 1. The molecule has 46 heavy (non-hydrogen) atoms. The van der Waals surface area contributed by atoms with Gasteiger partial charge in [-0.25, -0.2) is 11.0 Å². The second-order valence-corrected chi connectivity index (χ2v) is 12.9. The largest absolute Gasteiger partial charge is 0.461 e. The van der Waals surface area contributed by atoms with E-state index in [0.29, 0.717) is 38.8 Å². The topological polar surface area (TPSA) is 69.4 Å². The molecule has 3 aromatic rings. The van der Waals surface area contributed by atoms with Crippen LogP contribution in [0.5, 0.6) is 6.01 Å². The Bertz CT molecular complexity index is 1660. The number of carbonyl (C=O) groups is 1. The molecule has 1 aromatic heterocycles. The molecule has 0 spiro atoms. The van der Waals surface area contributed by atoms with E-state index < -0.39 is 6.67 Å². The third-order valence-electron chi connectivity index (χ3n) is 9.99. The Hall–Kier alpha value is -3.94. The summed E-state index contributed by atoms with van der Waals surface area (Å²) in [7, 11) is 2.16. The second kappa shape index (κ2) is 13.8. The van der Waals surface area contributed by atoms with Gasteiger partial charge in [0.15, 0.2) is 0 Å². The van der Waals surface area contributed by atoms with Crippen molar-refractivity contribution in [3.63, 3.8) is 0 Å². The quantitative estimate of drug-likeness (QED) is 0.223. The van der Waals surface area contributed by atoms with Crippen LogP contribution >= 0.6 is 11.6 Å². The van der Waals surface area contributed by atoms with Crippen molar-refractivity contribution in [1.82, 2.24) is 19.8 Å². The molecule has 11 heteroatoms. The fourth-order valence-electron chi connectivity index (χ4n) is 7.30. The average Bonchev–Trinajstić information content (AvgIpc) is 3.45. The van der Waals surface area contributed by atoms with E-state index in [1.807, 2.05) is 12.1 Å². The Kier molecular flexibility index (Phi) is 9.62. The first-order valence-corrected chi connectivity index (χ1v) is 16.5. The Morgan fingerprint density at radius 1 is 1.17 bits per heavy atom. The summed E-state index contributed by atoms with van der Waals surface area (Å²) in [6.07, 6.45) is 6.38. The summed E-state index contributed by atoms with van der Waals surface area (Å²) in [6.45, 7) is 13.5. The van der Waals surface area contributed by atoms with Crippen molar-refractivity contribution in [2.45, 2.75) is 50.7 Å². The highest BCUT2D eigenvalue weighted by molar-refractivity contribution is 6.36. The Balaban J connectivity index is 1.34. The highest BCUT2D eigenvalue weighted by Gasteiger charge is 2.39. The summed E-state index contributed by atoms with van der Waals surface area (Å²) in [5, 5.41) is 2.84. The van der Waals surface area contributed by atoms with Crippen molar-refractivity contribution in [2.24, 2.45) is 0 Å². The molecular weight excluding hydrogens is 605 g/mol. The standard InChI is InChI=1S/C35H41ClFN7O2/c1-4-35(15-8-17-41(35)3)24-46-34-39-29-23-42(30-12-6-10-25-9-5-11-28(36)32(25)30)18-14-27(29)33(40-34)43-19-20-44(26(22-43)21-38-2)31(45)13-7-16-37/h5-7,9-13,26H,4,8,14-24H2,1,3H3/b13-7+/t26-,35?/m0/s1. The lowest BCUT2D eigenvalue weighted by Crippen LogP contribution is -2.56. The van der Waals surface area contributed by atoms with Gasteiger partial charge in [0, 0.05) is 48.9 Å². The van der Waals surface area contributed by atoms with Gasteiger partial charge in [-0.05, 0) is 62.9 Å². The molecule has 1 unspecified atom stereocenters. The van der Waals surface area contributed by atoms with Gasteiger partial charge in [0.2, 0.25) is 12.5 Å². The minimum atomic E-state index is -0.702. The van der Waals surface area contributed by atoms with Gasteiger partial charge in [0.1, 0.15) is 25.1 Å². The van der Waals surface area contributed by atoms with Gasteiger partial charge in [0.05, 0.1) is 22.8 Å². The van der Waals surface area contributed by atoms with Crippen molar-refractivity contribution in [1.29, 1.82) is 0 Å². The number of halogens is 2. The van der Waals surface area contributed by atoms with E-state index in [1.165, 1.54) is 12.2 Å². The molecule has 2 fully saturated rings. The average molecular weight is 646 g/mol. The minimum Gasteiger partial charge on any atom is -0.461 e. The number of benzene rings is 2. The lowest BCUT2D eigenvalue weighted by molar-refractivity contribution is -0.128. The van der Waals surface area contributed by atoms with Crippen LogP contribution in [0.4, 0.5) is 15.9 Å². The summed E-state index contributed by atoms with van der Waals surface area (Å²) in [4.78, 5) is 35.1. The number of hydrogen-bond acceptors (Lipinski definition) is 7. The number of likely N-dealkylation sites (tertiary alicyclic amines) is 1. The number of fused-ring (bicyclic) bond motifs is 2. The molecule has 1 amide bonds. The van der Waals surface area contributed by atoms with Crippen molar-refractivity contribution < 1.29 is 13.9 Å². The lowest BCUT2D eigenvalue weighted by Gasteiger charge is -2.41. The predicted molar refractivity (Wildman–Crippen MR) is 180 cm³/mol. The second-order valence-electron chi connectivity index (χ2n) is 12.5. The first kappa shape index (κ1) is 32.0. The van der Waals surface area contributed by atoms with E-state index in [4.69, 9.17) is 32.9 Å². The molecule has 3 aliphatic rings. The van der Waals surface area contributed by atoms with Gasteiger partial charge >= 0.3 is 6.01 Å². The number of rotatable bonds is 9. The number of anilines is 2. The summed E-state index contributed by atoms with van der Waals surface area (Å²) in [5.41, 5.74) is 2.99. The Morgan fingerprint density at radius 3 is 2.74 bits per heavy atom. The van der Waals surface area contributed by atoms with Crippen LogP contribution < -0.4 is 14.5 Å².